The first-order chi connectivity index (χ1) is 8.55. The molecule has 2 saturated heterocycles. The topological polar surface area (TPSA) is 15.3 Å². The van der Waals surface area contributed by atoms with E-state index in [9.17, 15) is 13.2 Å². The molecule has 0 bridgehead atoms. The number of halogens is 3. The van der Waals surface area contributed by atoms with Crippen LogP contribution in [0.25, 0.3) is 0 Å². The second-order valence-corrected chi connectivity index (χ2v) is 5.62. The number of nitrogens with zero attached hydrogens (tertiary/aromatic N) is 1. The molecule has 0 radical (unpaired) electrons. The van der Waals surface area contributed by atoms with Crippen molar-refractivity contribution >= 4 is 0 Å². The molecule has 0 saturated carbocycles. The van der Waals surface area contributed by atoms with Crippen LogP contribution in [0.2, 0.25) is 0 Å². The van der Waals surface area contributed by atoms with Crippen LogP contribution >= 0.6 is 0 Å². The van der Waals surface area contributed by atoms with Crippen molar-refractivity contribution in [2.24, 2.45) is 5.92 Å². The minimum Gasteiger partial charge on any atom is -0.314 e. The van der Waals surface area contributed by atoms with Gasteiger partial charge in [0.2, 0.25) is 0 Å². The molecule has 2 atom stereocenters. The molecule has 2 aliphatic heterocycles. The van der Waals surface area contributed by atoms with Crippen molar-refractivity contribution in [1.82, 2.24) is 10.2 Å². The molecule has 5 heteroatoms. The zero-order valence-electron chi connectivity index (χ0n) is 10.8. The van der Waals surface area contributed by atoms with E-state index in [1.807, 2.05) is 4.90 Å². The summed E-state index contributed by atoms with van der Waals surface area (Å²) in [4.78, 5) is 2.00. The van der Waals surface area contributed by atoms with Gasteiger partial charge in [0.05, 0.1) is 5.92 Å². The van der Waals surface area contributed by atoms with E-state index in [2.05, 4.69) is 5.32 Å². The molecule has 0 amide bonds. The van der Waals surface area contributed by atoms with Crippen molar-refractivity contribution in [1.29, 1.82) is 0 Å². The third kappa shape index (κ3) is 4.12. The lowest BCUT2D eigenvalue weighted by Crippen LogP contribution is -2.42. The molecule has 106 valence electrons. The highest BCUT2D eigenvalue weighted by atomic mass is 19.4. The number of hydrogen-bond donors (Lipinski definition) is 1. The molecule has 2 unspecified atom stereocenters. The van der Waals surface area contributed by atoms with Crippen molar-refractivity contribution in [2.75, 3.05) is 26.2 Å². The molecular formula is C13H23F3N2. The van der Waals surface area contributed by atoms with E-state index in [0.29, 0.717) is 18.9 Å². The van der Waals surface area contributed by atoms with Gasteiger partial charge >= 0.3 is 6.18 Å². The van der Waals surface area contributed by atoms with Gasteiger partial charge in [-0.3, -0.25) is 0 Å². The van der Waals surface area contributed by atoms with E-state index in [1.165, 1.54) is 12.8 Å². The maximum absolute atomic E-state index is 12.6. The first-order valence-electron chi connectivity index (χ1n) is 7.08. The lowest BCUT2D eigenvalue weighted by molar-refractivity contribution is -0.186. The van der Waals surface area contributed by atoms with Gasteiger partial charge in [0.15, 0.2) is 0 Å². The lowest BCUT2D eigenvalue weighted by Gasteiger charge is -2.33. The van der Waals surface area contributed by atoms with Crippen LogP contribution in [0.5, 0.6) is 0 Å². The van der Waals surface area contributed by atoms with Crippen LogP contribution in [0.3, 0.4) is 0 Å². The standard InChI is InChI=1S/C13H23F3N2/c14-13(15,16)11-4-2-8-18(10-11)9-3-6-12-5-1-7-17-12/h11-12,17H,1-10H2. The van der Waals surface area contributed by atoms with Gasteiger partial charge in [-0.2, -0.15) is 13.2 Å². The molecule has 0 aromatic carbocycles. The Kier molecular flexibility index (Phi) is 4.90. The molecule has 1 N–H and O–H groups in total. The van der Waals surface area contributed by atoms with E-state index in [0.717, 1.165) is 32.5 Å². The van der Waals surface area contributed by atoms with Crippen molar-refractivity contribution in [2.45, 2.75) is 50.7 Å². The number of alkyl halides is 3. The third-order valence-electron chi connectivity index (χ3n) is 4.16. The summed E-state index contributed by atoms with van der Waals surface area (Å²) < 4.78 is 37.9. The Labute approximate surface area is 107 Å². The maximum Gasteiger partial charge on any atom is 0.393 e. The average molecular weight is 264 g/mol. The highest BCUT2D eigenvalue weighted by molar-refractivity contribution is 4.79. The zero-order valence-corrected chi connectivity index (χ0v) is 10.8. The summed E-state index contributed by atoms with van der Waals surface area (Å²) in [6.07, 6.45) is 1.58. The van der Waals surface area contributed by atoms with Crippen molar-refractivity contribution in [3.05, 3.63) is 0 Å². The van der Waals surface area contributed by atoms with Crippen LogP contribution in [0.1, 0.15) is 38.5 Å². The Bertz CT molecular complexity index is 249. The summed E-state index contributed by atoms with van der Waals surface area (Å²) in [7, 11) is 0. The Morgan fingerprint density at radius 1 is 1.17 bits per heavy atom. The van der Waals surface area contributed by atoms with Gasteiger partial charge in [0.25, 0.3) is 0 Å². The molecule has 2 heterocycles. The normalized spacial score (nSPS) is 30.8. The van der Waals surface area contributed by atoms with Crippen LogP contribution in [-0.2, 0) is 0 Å². The summed E-state index contributed by atoms with van der Waals surface area (Å²) in [6, 6.07) is 0.605. The van der Waals surface area contributed by atoms with E-state index >= 15 is 0 Å². The Morgan fingerprint density at radius 2 is 2.00 bits per heavy atom. The van der Waals surface area contributed by atoms with E-state index in [1.54, 1.807) is 0 Å². The highest BCUT2D eigenvalue weighted by Gasteiger charge is 2.41. The molecule has 2 nitrogen and oxygen atoms in total. The summed E-state index contributed by atoms with van der Waals surface area (Å²) in [6.45, 7) is 2.97. The fourth-order valence-electron chi connectivity index (χ4n) is 3.09. The van der Waals surface area contributed by atoms with Gasteiger partial charge in [-0.1, -0.05) is 0 Å². The molecule has 0 aliphatic carbocycles. The Balaban J connectivity index is 1.66. The summed E-state index contributed by atoms with van der Waals surface area (Å²) in [5.74, 6) is -1.10. The third-order valence-corrected chi connectivity index (χ3v) is 4.16. The van der Waals surface area contributed by atoms with E-state index in [-0.39, 0.29) is 6.54 Å². The predicted octanol–water partition coefficient (Wildman–Crippen LogP) is 2.79. The van der Waals surface area contributed by atoms with Gasteiger partial charge in [-0.05, 0) is 58.2 Å². The van der Waals surface area contributed by atoms with Crippen molar-refractivity contribution in [3.63, 3.8) is 0 Å². The van der Waals surface area contributed by atoms with Gasteiger partial charge < -0.3 is 10.2 Å². The summed E-state index contributed by atoms with van der Waals surface area (Å²) in [5, 5.41) is 3.43. The van der Waals surface area contributed by atoms with E-state index < -0.39 is 12.1 Å². The number of hydrogen-bond acceptors (Lipinski definition) is 2. The van der Waals surface area contributed by atoms with Crippen molar-refractivity contribution in [3.8, 4) is 0 Å². The first-order valence-corrected chi connectivity index (χ1v) is 7.08. The SMILES string of the molecule is FC(F)(F)C1CCCN(CCCC2CCCN2)C1. The molecular weight excluding hydrogens is 241 g/mol. The number of likely N-dealkylation sites (tertiary alicyclic amines) is 1. The molecule has 0 aromatic rings. The molecule has 2 rings (SSSR count). The second-order valence-electron chi connectivity index (χ2n) is 5.62. The van der Waals surface area contributed by atoms with E-state index in [4.69, 9.17) is 0 Å². The molecule has 0 spiro atoms. The summed E-state index contributed by atoms with van der Waals surface area (Å²) >= 11 is 0. The average Bonchev–Trinajstić information content (AvgIpc) is 2.81. The number of nitrogens with one attached hydrogen (secondary N) is 1. The van der Waals surface area contributed by atoms with Crippen LogP contribution < -0.4 is 5.32 Å². The Hall–Kier alpha value is -0.290. The fourth-order valence-corrected chi connectivity index (χ4v) is 3.09. The number of piperidine rings is 1. The second kappa shape index (κ2) is 6.24. The number of rotatable bonds is 4. The largest absolute Gasteiger partial charge is 0.393 e. The first kappa shape index (κ1) is 14.1. The smallest absolute Gasteiger partial charge is 0.314 e. The highest BCUT2D eigenvalue weighted by Crippen LogP contribution is 2.33. The van der Waals surface area contributed by atoms with Crippen LogP contribution in [0.4, 0.5) is 13.2 Å². The van der Waals surface area contributed by atoms with Crippen LogP contribution in [0.15, 0.2) is 0 Å². The van der Waals surface area contributed by atoms with Gasteiger partial charge in [-0.15, -0.1) is 0 Å². The maximum atomic E-state index is 12.6. The Morgan fingerprint density at radius 3 is 2.67 bits per heavy atom. The van der Waals surface area contributed by atoms with Gasteiger partial charge in [0, 0.05) is 12.6 Å². The fraction of sp³-hybridized carbons (Fsp3) is 1.00. The zero-order chi connectivity index (χ0) is 13.0. The quantitative estimate of drug-likeness (QED) is 0.840. The van der Waals surface area contributed by atoms with Crippen LogP contribution in [-0.4, -0.2) is 43.3 Å². The minimum atomic E-state index is -4.01. The molecule has 2 fully saturated rings. The van der Waals surface area contributed by atoms with Gasteiger partial charge in [-0.25, -0.2) is 0 Å². The lowest BCUT2D eigenvalue weighted by atomic mass is 9.97. The van der Waals surface area contributed by atoms with Crippen molar-refractivity contribution < 1.29 is 13.2 Å². The monoisotopic (exact) mass is 264 g/mol. The molecule has 0 aromatic heterocycles. The van der Waals surface area contributed by atoms with Crippen LogP contribution in [0, 0.1) is 5.92 Å². The minimum absolute atomic E-state index is 0.210. The molecule has 18 heavy (non-hydrogen) atoms. The molecule has 2 aliphatic rings. The van der Waals surface area contributed by atoms with Gasteiger partial charge in [0.1, 0.15) is 0 Å². The summed E-state index contributed by atoms with van der Waals surface area (Å²) in [5.41, 5.74) is 0. The predicted molar refractivity (Wildman–Crippen MR) is 65.5 cm³/mol.